The van der Waals surface area contributed by atoms with Crippen LogP contribution < -0.4 is 5.32 Å². The highest BCUT2D eigenvalue weighted by Crippen LogP contribution is 2.70. The van der Waals surface area contributed by atoms with E-state index in [0.717, 1.165) is 84.3 Å². The summed E-state index contributed by atoms with van der Waals surface area (Å²) in [4.78, 5) is 32.1. The highest BCUT2D eigenvalue weighted by molar-refractivity contribution is 5.87. The number of nitrogens with zero attached hydrogens (tertiary/aromatic N) is 2. The van der Waals surface area contributed by atoms with Crippen molar-refractivity contribution in [1.82, 2.24) is 15.1 Å². The Kier molecular flexibility index (Phi) is 7.64. The molecule has 7 nitrogen and oxygen atoms in total. The number of carbonyl (C=O) groups excluding carboxylic acids is 2. The van der Waals surface area contributed by atoms with E-state index in [1.165, 1.54) is 12.8 Å². The average Bonchev–Trinajstić information content (AvgIpc) is 3.41. The van der Waals surface area contributed by atoms with E-state index in [1.54, 1.807) is 0 Å². The number of hydrogen-bond donors (Lipinski definition) is 1. The van der Waals surface area contributed by atoms with Crippen LogP contribution in [0.15, 0.2) is 0 Å². The Morgan fingerprint density at radius 3 is 2.52 bits per heavy atom. The van der Waals surface area contributed by atoms with E-state index in [4.69, 9.17) is 9.47 Å². The molecule has 3 saturated heterocycles. The van der Waals surface area contributed by atoms with E-state index >= 15 is 0 Å². The van der Waals surface area contributed by atoms with Gasteiger partial charge in [-0.25, -0.2) is 0 Å². The lowest BCUT2D eigenvalue weighted by molar-refractivity contribution is -0.272. The van der Waals surface area contributed by atoms with Gasteiger partial charge in [0.25, 0.3) is 0 Å². The van der Waals surface area contributed by atoms with Gasteiger partial charge < -0.3 is 24.6 Å². The van der Waals surface area contributed by atoms with Gasteiger partial charge in [-0.3, -0.25) is 9.59 Å². The van der Waals surface area contributed by atoms with Gasteiger partial charge in [0.1, 0.15) is 5.78 Å². The second kappa shape index (κ2) is 10.8. The number of fused-ring (bicyclic) bond motifs is 7. The van der Waals surface area contributed by atoms with Crippen molar-refractivity contribution in [3.63, 3.8) is 0 Å². The number of amides is 1. The van der Waals surface area contributed by atoms with Crippen LogP contribution in [0.4, 0.5) is 0 Å². The van der Waals surface area contributed by atoms with Crippen LogP contribution in [0, 0.1) is 52.3 Å². The van der Waals surface area contributed by atoms with Gasteiger partial charge in [0.05, 0.1) is 12.7 Å². The van der Waals surface area contributed by atoms with Crippen LogP contribution in [0.5, 0.6) is 0 Å². The third-order valence-electron chi connectivity index (χ3n) is 14.4. The van der Waals surface area contributed by atoms with Crippen LogP contribution in [0.25, 0.3) is 0 Å². The van der Waals surface area contributed by atoms with Gasteiger partial charge in [-0.15, -0.1) is 0 Å². The van der Waals surface area contributed by atoms with Crippen molar-refractivity contribution in [3.8, 4) is 0 Å². The minimum absolute atomic E-state index is 0.161. The molecule has 4 saturated carbocycles. The Morgan fingerprint density at radius 1 is 1.00 bits per heavy atom. The van der Waals surface area contributed by atoms with Gasteiger partial charge in [0, 0.05) is 75.3 Å². The molecule has 1 amide bonds. The molecule has 236 valence electrons. The molecule has 7 aliphatic rings. The Hall–Kier alpha value is -1.02. The standard InChI is InChI=1S/C35H57N3O4/c1-22-8-12-35(41-21-22)23(2)32-29(42-35)19-28-26-7-6-24-18-25(36-31(40)10-13-38-16-14-37(5)15-17-38)9-11-33(24,3)27(26)20-30(39)34(28,32)4/h22-29,32H,6-21H2,1-5H3,(H,36,40)/t22-,23+,24+,25?,26-,27+,28+,29+,32+,33+,34-,35-/m1/s1. The highest BCUT2D eigenvalue weighted by atomic mass is 16.7. The molecule has 4 aliphatic carbocycles. The molecule has 3 aliphatic heterocycles. The van der Waals surface area contributed by atoms with E-state index in [-0.39, 0.29) is 34.7 Å². The van der Waals surface area contributed by atoms with Gasteiger partial charge in [-0.2, -0.15) is 0 Å². The molecule has 7 heteroatoms. The van der Waals surface area contributed by atoms with Crippen molar-refractivity contribution in [2.24, 2.45) is 52.3 Å². The van der Waals surface area contributed by atoms with Crippen LogP contribution in [-0.4, -0.2) is 85.8 Å². The second-order valence-corrected chi connectivity index (χ2v) is 16.5. The molecule has 7 rings (SSSR count). The predicted octanol–water partition coefficient (Wildman–Crippen LogP) is 4.73. The van der Waals surface area contributed by atoms with E-state index < -0.39 is 5.79 Å². The average molecular weight is 584 g/mol. The summed E-state index contributed by atoms with van der Waals surface area (Å²) < 4.78 is 13.3. The second-order valence-electron chi connectivity index (χ2n) is 16.5. The fourth-order valence-corrected chi connectivity index (χ4v) is 11.7. The van der Waals surface area contributed by atoms with Crippen molar-refractivity contribution < 1.29 is 19.1 Å². The first-order chi connectivity index (χ1) is 20.0. The minimum Gasteiger partial charge on any atom is -0.353 e. The zero-order chi connectivity index (χ0) is 29.4. The molecule has 42 heavy (non-hydrogen) atoms. The molecule has 1 N–H and O–H groups in total. The third-order valence-corrected chi connectivity index (χ3v) is 14.4. The number of rotatable bonds is 4. The summed E-state index contributed by atoms with van der Waals surface area (Å²) in [7, 11) is 2.17. The number of ketones is 1. The summed E-state index contributed by atoms with van der Waals surface area (Å²) in [6.45, 7) is 15.4. The molecule has 3 heterocycles. The van der Waals surface area contributed by atoms with Crippen molar-refractivity contribution in [2.45, 2.75) is 110 Å². The largest absolute Gasteiger partial charge is 0.353 e. The summed E-state index contributed by atoms with van der Waals surface area (Å²) >= 11 is 0. The Balaban J connectivity index is 0.991. The molecule has 0 aromatic rings. The van der Waals surface area contributed by atoms with Crippen molar-refractivity contribution in [1.29, 1.82) is 0 Å². The fourth-order valence-electron chi connectivity index (χ4n) is 11.7. The van der Waals surface area contributed by atoms with E-state index in [0.29, 0.717) is 47.8 Å². The third kappa shape index (κ3) is 4.65. The van der Waals surface area contributed by atoms with Gasteiger partial charge in [-0.05, 0) is 87.0 Å². The Bertz CT molecular complexity index is 1050. The number of piperazine rings is 1. The Labute approximate surface area is 254 Å². The molecule has 7 fully saturated rings. The lowest BCUT2D eigenvalue weighted by Crippen LogP contribution is -2.59. The van der Waals surface area contributed by atoms with Crippen LogP contribution in [-0.2, 0) is 19.1 Å². The van der Waals surface area contributed by atoms with Crippen LogP contribution in [0.3, 0.4) is 0 Å². The zero-order valence-corrected chi connectivity index (χ0v) is 27.0. The molecule has 0 radical (unpaired) electrons. The van der Waals surface area contributed by atoms with Crippen molar-refractivity contribution >= 4 is 11.7 Å². The molecule has 0 bridgehead atoms. The van der Waals surface area contributed by atoms with Gasteiger partial charge in [0.15, 0.2) is 5.79 Å². The van der Waals surface area contributed by atoms with Gasteiger partial charge >= 0.3 is 0 Å². The maximum atomic E-state index is 14.4. The van der Waals surface area contributed by atoms with Crippen LogP contribution in [0.1, 0.15) is 91.9 Å². The fraction of sp³-hybridized carbons (Fsp3) is 0.943. The van der Waals surface area contributed by atoms with Crippen LogP contribution in [0.2, 0.25) is 0 Å². The minimum atomic E-state index is -0.468. The summed E-state index contributed by atoms with van der Waals surface area (Å²) in [5.41, 5.74) is -0.0751. The number of ether oxygens (including phenoxy) is 2. The van der Waals surface area contributed by atoms with Crippen molar-refractivity contribution in [3.05, 3.63) is 0 Å². The molecule has 1 unspecified atom stereocenters. The summed E-state index contributed by atoms with van der Waals surface area (Å²) in [6, 6.07) is 0.290. The molecule has 0 aromatic carbocycles. The molecule has 1 spiro atoms. The summed E-state index contributed by atoms with van der Waals surface area (Å²) in [6.07, 6.45) is 10.4. The van der Waals surface area contributed by atoms with E-state index in [1.807, 2.05) is 0 Å². The molecular weight excluding hydrogens is 526 g/mol. The maximum absolute atomic E-state index is 14.4. The van der Waals surface area contributed by atoms with Crippen LogP contribution >= 0.6 is 0 Å². The number of likely N-dealkylation sites (N-methyl/N-ethyl adjacent to an activating group) is 1. The first-order valence-corrected chi connectivity index (χ1v) is 17.6. The normalized spacial score (nSPS) is 51.1. The monoisotopic (exact) mass is 583 g/mol. The zero-order valence-electron chi connectivity index (χ0n) is 27.0. The molecule has 12 atom stereocenters. The smallest absolute Gasteiger partial charge is 0.221 e. The first kappa shape index (κ1) is 29.7. The number of hydrogen-bond acceptors (Lipinski definition) is 6. The van der Waals surface area contributed by atoms with E-state index in [2.05, 4.69) is 49.9 Å². The predicted molar refractivity (Wildman–Crippen MR) is 163 cm³/mol. The number of Topliss-reactive ketones (excluding diaryl/α,β-unsaturated/α-hetero) is 1. The SMILES string of the molecule is C[C@@H]1CC[C@@]2(OC1)O[C@H]1C[C@H]3[C@@H]4CC[C@H]5CC(NC(=O)CCN6CCN(C)CC6)CC[C@]5(C)[C@H]4CC(=O)[C@]3(C)[C@H]1[C@@H]2C. The molecule has 0 aromatic heterocycles. The van der Waals surface area contributed by atoms with Crippen molar-refractivity contribution in [2.75, 3.05) is 46.4 Å². The lowest BCUT2D eigenvalue weighted by atomic mass is 9.44. The lowest BCUT2D eigenvalue weighted by Gasteiger charge is -2.60. The first-order valence-electron chi connectivity index (χ1n) is 17.6. The van der Waals surface area contributed by atoms with Gasteiger partial charge in [0.2, 0.25) is 5.91 Å². The molecular formula is C35H57N3O4. The van der Waals surface area contributed by atoms with E-state index in [9.17, 15) is 9.59 Å². The number of carbonyl (C=O) groups is 2. The topological polar surface area (TPSA) is 71.1 Å². The maximum Gasteiger partial charge on any atom is 0.221 e. The highest BCUT2D eigenvalue weighted by Gasteiger charge is 2.71. The quantitative estimate of drug-likeness (QED) is 0.516. The summed E-state index contributed by atoms with van der Waals surface area (Å²) in [5.74, 6) is 3.55. The Morgan fingerprint density at radius 2 is 1.79 bits per heavy atom. The number of nitrogens with one attached hydrogen (secondary N) is 1. The van der Waals surface area contributed by atoms with Gasteiger partial charge in [-0.1, -0.05) is 27.7 Å². The summed E-state index contributed by atoms with van der Waals surface area (Å²) in [5, 5.41) is 3.43.